The predicted molar refractivity (Wildman–Crippen MR) is 246 cm³/mol. The molecule has 22 heteroatoms. The first-order valence-electron chi connectivity index (χ1n) is 25.1. The number of unbranched alkanes of at least 4 members (excludes halogenated alkanes) is 20. The minimum atomic E-state index is -5.49. The van der Waals surface area contributed by atoms with Crippen LogP contribution in [0.2, 0.25) is 0 Å². The van der Waals surface area contributed by atoms with Crippen LogP contribution in [0.25, 0.3) is 0 Å². The molecule has 7 unspecified atom stereocenters. The van der Waals surface area contributed by atoms with Crippen LogP contribution in [0.4, 0.5) is 0 Å². The summed E-state index contributed by atoms with van der Waals surface area (Å²) in [4.78, 5) is 48.4. The number of carbonyl (C=O) groups is 3. The summed E-state index contributed by atoms with van der Waals surface area (Å²) >= 11 is 0. The highest BCUT2D eigenvalue weighted by Gasteiger charge is 2.56. The van der Waals surface area contributed by atoms with E-state index in [0.29, 0.717) is 12.8 Å². The van der Waals surface area contributed by atoms with Crippen LogP contribution in [0.1, 0.15) is 168 Å². The molecule has 0 bridgehead atoms. The Morgan fingerprint density at radius 1 is 0.588 bits per heavy atom. The van der Waals surface area contributed by atoms with Crippen molar-refractivity contribution in [2.45, 2.75) is 247 Å². The Bertz CT molecular complexity index is 1410. The molecule has 11 N–H and O–H groups in total. The zero-order valence-corrected chi connectivity index (χ0v) is 41.2. The third-order valence-corrected chi connectivity index (χ3v) is 13.3. The standard InChI is InChI=1S/C46H86NO20P/c1-3-5-7-9-11-13-15-17-19-21-23-25-34(49)61-28-31(64-35(50)26-24-22-20-18-16-14-12-10-8-6-4-2)29-63-68(59,60)67-44-42(62-30-32(47)45(57)58)39(54)38(53)40(55)43(44)66-46-41(56)37(52)36(51)33(27-48)65-46/h31-33,36-44,46,48,51-56H,3-30,47H2,1-2H3,(H,57,58)(H,59,60)/t31-,32+,33?,36-,37?,38+,39-,40?,41?,42?,43+,44?,46-/m1/s1. The first-order chi connectivity index (χ1) is 32.5. The molecule has 0 aromatic rings. The van der Waals surface area contributed by atoms with Gasteiger partial charge in [-0.15, -0.1) is 0 Å². The van der Waals surface area contributed by atoms with Crippen molar-refractivity contribution in [1.82, 2.24) is 0 Å². The average Bonchev–Trinajstić information content (AvgIpc) is 3.30. The number of aliphatic hydroxyl groups excluding tert-OH is 7. The molecule has 0 aromatic heterocycles. The second-order valence-corrected chi connectivity index (χ2v) is 19.6. The van der Waals surface area contributed by atoms with Gasteiger partial charge < -0.3 is 75.2 Å². The predicted octanol–water partition coefficient (Wildman–Crippen LogP) is 3.42. The van der Waals surface area contributed by atoms with Crippen LogP contribution in [0, 0.1) is 0 Å². The van der Waals surface area contributed by atoms with E-state index in [1.54, 1.807) is 0 Å². The lowest BCUT2D eigenvalue weighted by atomic mass is 9.84. The summed E-state index contributed by atoms with van der Waals surface area (Å²) < 4.78 is 51.7. The number of carbonyl (C=O) groups excluding carboxylic acids is 2. The van der Waals surface area contributed by atoms with Crippen molar-refractivity contribution in [1.29, 1.82) is 0 Å². The van der Waals surface area contributed by atoms with E-state index in [0.717, 1.165) is 57.8 Å². The molecule has 0 aromatic carbocycles. The molecule has 2 fully saturated rings. The molecule has 68 heavy (non-hydrogen) atoms. The SMILES string of the molecule is CCCCCCCCCCCCCC(=O)OC[C@H](COP(=O)(O)OC1C(OC[C@H](N)C(=O)O)[C@H](O)[C@H](O)C(O)[C@@H]1O[C@H]1OC(CO)[C@@H](O)C(O)C1O)OC(=O)CCCCCCCCCCCCC. The molecule has 2 rings (SSSR count). The number of ether oxygens (including phenoxy) is 5. The van der Waals surface area contributed by atoms with Crippen LogP contribution in [0.3, 0.4) is 0 Å². The highest BCUT2D eigenvalue weighted by molar-refractivity contribution is 7.47. The monoisotopic (exact) mass is 1000 g/mol. The molecule has 400 valence electrons. The lowest BCUT2D eigenvalue weighted by Crippen LogP contribution is -2.68. The van der Waals surface area contributed by atoms with Crippen LogP contribution in [-0.2, 0) is 51.7 Å². The molecule has 1 saturated carbocycles. The lowest BCUT2D eigenvalue weighted by molar-refractivity contribution is -0.339. The number of nitrogens with two attached hydrogens (primary N) is 1. The van der Waals surface area contributed by atoms with Gasteiger partial charge in [-0.2, -0.15) is 0 Å². The zero-order chi connectivity index (χ0) is 50.5. The maximum absolute atomic E-state index is 13.7. The highest BCUT2D eigenvalue weighted by atomic mass is 31.2. The molecule has 0 amide bonds. The van der Waals surface area contributed by atoms with Gasteiger partial charge in [-0.25, -0.2) is 4.57 Å². The number of phosphoric ester groups is 1. The summed E-state index contributed by atoms with van der Waals surface area (Å²) in [6.45, 7) is 1.14. The van der Waals surface area contributed by atoms with Gasteiger partial charge in [0.15, 0.2) is 12.4 Å². The lowest BCUT2D eigenvalue weighted by Gasteiger charge is -2.48. The molecule has 0 spiro atoms. The Kier molecular flexibility index (Phi) is 32.2. The fraction of sp³-hybridized carbons (Fsp3) is 0.935. The van der Waals surface area contributed by atoms with Crippen LogP contribution >= 0.6 is 7.82 Å². The van der Waals surface area contributed by atoms with Crippen LogP contribution in [0.15, 0.2) is 0 Å². The van der Waals surface area contributed by atoms with E-state index in [4.69, 9.17) is 38.5 Å². The van der Waals surface area contributed by atoms with Gasteiger partial charge in [0, 0.05) is 12.8 Å². The number of aliphatic carboxylic acids is 1. The highest BCUT2D eigenvalue weighted by Crippen LogP contribution is 2.48. The van der Waals surface area contributed by atoms with Crippen molar-refractivity contribution in [2.75, 3.05) is 26.4 Å². The summed E-state index contributed by atoms with van der Waals surface area (Å²) in [5.74, 6) is -2.83. The van der Waals surface area contributed by atoms with Crippen molar-refractivity contribution in [2.24, 2.45) is 5.73 Å². The van der Waals surface area contributed by atoms with E-state index >= 15 is 0 Å². The van der Waals surface area contributed by atoms with E-state index in [9.17, 15) is 64.7 Å². The molecule has 1 aliphatic heterocycles. The molecular weight excluding hydrogens is 917 g/mol. The summed E-state index contributed by atoms with van der Waals surface area (Å²) in [7, 11) is -5.49. The number of hydrogen-bond acceptors (Lipinski definition) is 19. The maximum Gasteiger partial charge on any atom is 0.472 e. The second-order valence-electron chi connectivity index (χ2n) is 18.2. The second kappa shape index (κ2) is 35.2. The van der Waals surface area contributed by atoms with Crippen molar-refractivity contribution in [3.05, 3.63) is 0 Å². The third kappa shape index (κ3) is 24.0. The molecule has 1 saturated heterocycles. The Balaban J connectivity index is 2.16. The minimum Gasteiger partial charge on any atom is -0.480 e. The number of carboxylic acids is 1. The smallest absolute Gasteiger partial charge is 0.472 e. The van der Waals surface area contributed by atoms with Crippen molar-refractivity contribution >= 4 is 25.7 Å². The third-order valence-electron chi connectivity index (χ3n) is 12.3. The fourth-order valence-corrected chi connectivity index (χ4v) is 9.07. The quantitative estimate of drug-likeness (QED) is 0.0239. The fourth-order valence-electron chi connectivity index (χ4n) is 8.11. The zero-order valence-electron chi connectivity index (χ0n) is 40.3. The number of hydrogen-bond donors (Lipinski definition) is 10. The van der Waals surface area contributed by atoms with Crippen LogP contribution in [-0.4, -0.2) is 170 Å². The topological polar surface area (TPSA) is 341 Å². The number of aliphatic hydroxyl groups is 7. The average molecular weight is 1000 g/mol. The van der Waals surface area contributed by atoms with E-state index in [2.05, 4.69) is 13.8 Å². The Hall–Kier alpha value is -1.92. The van der Waals surface area contributed by atoms with Gasteiger partial charge in [0.25, 0.3) is 0 Å². The molecule has 21 nitrogen and oxygen atoms in total. The molecular formula is C46H86NO20P. The van der Waals surface area contributed by atoms with Crippen molar-refractivity contribution in [3.8, 4) is 0 Å². The van der Waals surface area contributed by atoms with Crippen LogP contribution in [0.5, 0.6) is 0 Å². The summed E-state index contributed by atoms with van der Waals surface area (Å²) in [6, 6.07) is -1.73. The van der Waals surface area contributed by atoms with E-state index in [1.807, 2.05) is 0 Å². The summed E-state index contributed by atoms with van der Waals surface area (Å²) in [5.41, 5.74) is 5.57. The van der Waals surface area contributed by atoms with Gasteiger partial charge in [-0.05, 0) is 12.8 Å². The molecule has 0 radical (unpaired) electrons. The number of esters is 2. The Morgan fingerprint density at radius 3 is 1.53 bits per heavy atom. The van der Waals surface area contributed by atoms with Crippen molar-refractivity contribution < 1.29 is 97.4 Å². The Labute approximate surface area is 401 Å². The van der Waals surface area contributed by atoms with E-state index in [-0.39, 0.29) is 12.8 Å². The number of rotatable bonds is 39. The molecule has 1 aliphatic carbocycles. The maximum atomic E-state index is 13.7. The van der Waals surface area contributed by atoms with Gasteiger partial charge in [-0.1, -0.05) is 142 Å². The van der Waals surface area contributed by atoms with Gasteiger partial charge in [-0.3, -0.25) is 23.4 Å². The van der Waals surface area contributed by atoms with Gasteiger partial charge in [0.1, 0.15) is 73.7 Å². The van der Waals surface area contributed by atoms with Crippen molar-refractivity contribution in [3.63, 3.8) is 0 Å². The largest absolute Gasteiger partial charge is 0.480 e. The number of phosphoric acid groups is 1. The molecule has 1 heterocycles. The Morgan fingerprint density at radius 2 is 1.04 bits per heavy atom. The first kappa shape index (κ1) is 62.2. The minimum absolute atomic E-state index is 0.00212. The van der Waals surface area contributed by atoms with Gasteiger partial charge in [0.05, 0.1) is 19.8 Å². The van der Waals surface area contributed by atoms with E-state index in [1.165, 1.54) is 70.6 Å². The first-order valence-corrected chi connectivity index (χ1v) is 26.6. The van der Waals surface area contributed by atoms with E-state index < -0.39 is 132 Å². The van der Waals surface area contributed by atoms with Gasteiger partial charge >= 0.3 is 25.7 Å². The summed E-state index contributed by atoms with van der Waals surface area (Å²) in [6.07, 6.45) is -0.233. The number of carboxylic acid groups (broad SMARTS) is 1. The normalized spacial score (nSPS) is 28.1. The molecule has 2 aliphatic rings. The molecule has 14 atom stereocenters. The van der Waals surface area contributed by atoms with Gasteiger partial charge in [0.2, 0.25) is 0 Å². The summed E-state index contributed by atoms with van der Waals surface area (Å²) in [5, 5.41) is 83.1. The van der Waals surface area contributed by atoms with Crippen LogP contribution < -0.4 is 5.73 Å².